The molecule has 0 aliphatic heterocycles. The van der Waals surface area contributed by atoms with Crippen LogP contribution in [0.2, 0.25) is 0 Å². The van der Waals surface area contributed by atoms with E-state index >= 15 is 0 Å². The Kier molecular flexibility index (Phi) is 6.25. The molecule has 28 heavy (non-hydrogen) atoms. The number of thiophene rings is 1. The van der Waals surface area contributed by atoms with Crippen LogP contribution < -0.4 is 10.9 Å². The van der Waals surface area contributed by atoms with Crippen LogP contribution >= 0.6 is 23.1 Å². The molecule has 0 atom stereocenters. The first-order valence-electron chi connectivity index (χ1n) is 9.32. The molecule has 0 saturated carbocycles. The van der Waals surface area contributed by atoms with Crippen LogP contribution in [0.4, 0.5) is 5.69 Å². The lowest BCUT2D eigenvalue weighted by Crippen LogP contribution is -2.18. The maximum absolute atomic E-state index is 12.6. The van der Waals surface area contributed by atoms with Gasteiger partial charge in [-0.25, -0.2) is 4.98 Å². The zero-order valence-electron chi connectivity index (χ0n) is 16.8. The van der Waals surface area contributed by atoms with E-state index in [1.165, 1.54) is 23.1 Å². The highest BCUT2D eigenvalue weighted by Crippen LogP contribution is 2.32. The van der Waals surface area contributed by atoms with E-state index in [-0.39, 0.29) is 17.2 Å². The minimum atomic E-state index is -0.162. The monoisotopic (exact) mass is 415 g/mol. The second-order valence-corrected chi connectivity index (χ2v) is 9.60. The standard InChI is InChI=1S/C21H25N3O2S2/c1-11(2)14-7-6-8-15(12(3)4)18(14)22-17(25)10-27-21-23-19(26)16-9-13(5)28-20(16)24-21/h6-9,11-12H,10H2,1-5H3,(H,22,25)(H,23,24,26). The highest BCUT2D eigenvalue weighted by atomic mass is 32.2. The van der Waals surface area contributed by atoms with Crippen molar-refractivity contribution in [2.75, 3.05) is 11.1 Å². The zero-order chi connectivity index (χ0) is 20.4. The van der Waals surface area contributed by atoms with Gasteiger partial charge in [-0.05, 0) is 36.0 Å². The van der Waals surface area contributed by atoms with Gasteiger partial charge < -0.3 is 10.3 Å². The average Bonchev–Trinajstić information content (AvgIpc) is 3.00. The molecule has 0 aliphatic carbocycles. The number of H-pyrrole nitrogens is 1. The van der Waals surface area contributed by atoms with E-state index in [4.69, 9.17) is 0 Å². The average molecular weight is 416 g/mol. The van der Waals surface area contributed by atoms with Gasteiger partial charge in [-0.3, -0.25) is 9.59 Å². The maximum atomic E-state index is 12.6. The number of carbonyl (C=O) groups is 1. The van der Waals surface area contributed by atoms with Gasteiger partial charge in [-0.15, -0.1) is 11.3 Å². The zero-order valence-corrected chi connectivity index (χ0v) is 18.4. The summed E-state index contributed by atoms with van der Waals surface area (Å²) in [4.78, 5) is 33.8. The predicted molar refractivity (Wildman–Crippen MR) is 119 cm³/mol. The SMILES string of the molecule is Cc1cc2c(=O)[nH]c(SCC(=O)Nc3c(C(C)C)cccc3C(C)C)nc2s1. The molecule has 3 rings (SSSR count). The number of anilines is 1. The number of hydrogen-bond donors (Lipinski definition) is 2. The molecule has 7 heteroatoms. The van der Waals surface area contributed by atoms with Crippen LogP contribution in [-0.2, 0) is 4.79 Å². The van der Waals surface area contributed by atoms with Gasteiger partial charge in [-0.1, -0.05) is 57.7 Å². The first kappa shape index (κ1) is 20.6. The van der Waals surface area contributed by atoms with Crippen LogP contribution in [0.1, 0.15) is 55.5 Å². The Morgan fingerprint density at radius 3 is 2.46 bits per heavy atom. The molecule has 1 amide bonds. The summed E-state index contributed by atoms with van der Waals surface area (Å²) >= 11 is 2.73. The van der Waals surface area contributed by atoms with E-state index in [0.717, 1.165) is 21.7 Å². The van der Waals surface area contributed by atoms with Crippen molar-refractivity contribution in [2.24, 2.45) is 0 Å². The van der Waals surface area contributed by atoms with Crippen LogP contribution in [0.5, 0.6) is 0 Å². The van der Waals surface area contributed by atoms with E-state index in [0.29, 0.717) is 27.2 Å². The molecule has 3 aromatic rings. The van der Waals surface area contributed by atoms with Crippen molar-refractivity contribution in [3.8, 4) is 0 Å². The van der Waals surface area contributed by atoms with Crippen molar-refractivity contribution in [2.45, 2.75) is 51.6 Å². The lowest BCUT2D eigenvalue weighted by atomic mass is 9.92. The molecular weight excluding hydrogens is 390 g/mol. The number of aromatic amines is 1. The molecule has 0 spiro atoms. The summed E-state index contributed by atoms with van der Waals surface area (Å²) in [6.45, 7) is 10.4. The number of aryl methyl sites for hydroxylation is 1. The van der Waals surface area contributed by atoms with Crippen molar-refractivity contribution in [1.29, 1.82) is 0 Å². The molecule has 0 saturated heterocycles. The van der Waals surface area contributed by atoms with Crippen molar-refractivity contribution in [3.63, 3.8) is 0 Å². The summed E-state index contributed by atoms with van der Waals surface area (Å²) in [5, 5.41) is 4.16. The van der Waals surface area contributed by atoms with Gasteiger partial charge >= 0.3 is 0 Å². The first-order chi connectivity index (χ1) is 13.3. The van der Waals surface area contributed by atoms with E-state index in [2.05, 4.69) is 55.1 Å². The van der Waals surface area contributed by atoms with Gasteiger partial charge in [0.05, 0.1) is 11.1 Å². The number of fused-ring (bicyclic) bond motifs is 1. The van der Waals surface area contributed by atoms with Crippen LogP contribution in [0.25, 0.3) is 10.2 Å². The van der Waals surface area contributed by atoms with Gasteiger partial charge in [0.25, 0.3) is 5.56 Å². The lowest BCUT2D eigenvalue weighted by molar-refractivity contribution is -0.113. The first-order valence-corrected chi connectivity index (χ1v) is 11.1. The van der Waals surface area contributed by atoms with E-state index < -0.39 is 0 Å². The van der Waals surface area contributed by atoms with Crippen molar-refractivity contribution in [3.05, 3.63) is 50.6 Å². The third kappa shape index (κ3) is 4.47. The molecule has 0 fully saturated rings. The Balaban J connectivity index is 1.77. The Bertz CT molecular complexity index is 1040. The molecule has 5 nitrogen and oxygen atoms in total. The quantitative estimate of drug-likeness (QED) is 0.425. The van der Waals surface area contributed by atoms with E-state index in [9.17, 15) is 9.59 Å². The summed E-state index contributed by atoms with van der Waals surface area (Å²) in [6.07, 6.45) is 0. The summed E-state index contributed by atoms with van der Waals surface area (Å²) in [6, 6.07) is 8.00. The molecule has 0 bridgehead atoms. The smallest absolute Gasteiger partial charge is 0.260 e. The Hall–Kier alpha value is -2.12. The fraction of sp³-hybridized carbons (Fsp3) is 0.381. The molecule has 0 aliphatic rings. The molecule has 1 aromatic carbocycles. The number of aromatic nitrogens is 2. The maximum Gasteiger partial charge on any atom is 0.260 e. The topological polar surface area (TPSA) is 74.8 Å². The summed E-state index contributed by atoms with van der Waals surface area (Å²) in [5.41, 5.74) is 3.01. The Labute approximate surface area is 173 Å². The van der Waals surface area contributed by atoms with Crippen molar-refractivity contribution >= 4 is 44.9 Å². The summed E-state index contributed by atoms with van der Waals surface area (Å²) in [7, 11) is 0. The molecule has 148 valence electrons. The second kappa shape index (κ2) is 8.49. The van der Waals surface area contributed by atoms with Crippen LogP contribution in [0.3, 0.4) is 0 Å². The molecule has 2 heterocycles. The summed E-state index contributed by atoms with van der Waals surface area (Å²) < 4.78 is 0. The number of thioether (sulfide) groups is 1. The number of hydrogen-bond acceptors (Lipinski definition) is 5. The van der Waals surface area contributed by atoms with Crippen molar-refractivity contribution in [1.82, 2.24) is 9.97 Å². The molecule has 2 aromatic heterocycles. The molecule has 2 N–H and O–H groups in total. The van der Waals surface area contributed by atoms with Gasteiger partial charge in [-0.2, -0.15) is 0 Å². The molecule has 0 radical (unpaired) electrons. The number of carbonyl (C=O) groups excluding carboxylic acids is 1. The lowest BCUT2D eigenvalue weighted by Gasteiger charge is -2.20. The fourth-order valence-corrected chi connectivity index (χ4v) is 4.70. The minimum Gasteiger partial charge on any atom is -0.325 e. The van der Waals surface area contributed by atoms with Crippen LogP contribution in [-0.4, -0.2) is 21.6 Å². The van der Waals surface area contributed by atoms with Crippen LogP contribution in [0.15, 0.2) is 34.2 Å². The van der Waals surface area contributed by atoms with Gasteiger partial charge in [0, 0.05) is 10.6 Å². The fourth-order valence-electron chi connectivity index (χ4n) is 3.11. The number of nitrogens with one attached hydrogen (secondary N) is 2. The Morgan fingerprint density at radius 2 is 1.86 bits per heavy atom. The molecule has 0 unspecified atom stereocenters. The van der Waals surface area contributed by atoms with E-state index in [1.54, 1.807) is 0 Å². The highest BCUT2D eigenvalue weighted by molar-refractivity contribution is 7.99. The Morgan fingerprint density at radius 1 is 1.21 bits per heavy atom. The third-order valence-corrected chi connectivity index (χ3v) is 6.30. The van der Waals surface area contributed by atoms with Gasteiger partial charge in [0.2, 0.25) is 5.91 Å². The number of nitrogens with zero attached hydrogens (tertiary/aromatic N) is 1. The largest absolute Gasteiger partial charge is 0.325 e. The van der Waals surface area contributed by atoms with E-state index in [1.807, 2.05) is 19.1 Å². The normalized spacial score (nSPS) is 11.5. The number of benzene rings is 1. The van der Waals surface area contributed by atoms with Crippen LogP contribution in [0, 0.1) is 6.92 Å². The number of amides is 1. The van der Waals surface area contributed by atoms with Gasteiger partial charge in [0.15, 0.2) is 5.16 Å². The minimum absolute atomic E-state index is 0.106. The second-order valence-electron chi connectivity index (χ2n) is 7.40. The summed E-state index contributed by atoms with van der Waals surface area (Å²) in [5.74, 6) is 0.696. The van der Waals surface area contributed by atoms with Gasteiger partial charge in [0.1, 0.15) is 4.83 Å². The number of para-hydroxylation sites is 1. The third-order valence-electron chi connectivity index (χ3n) is 4.48. The number of rotatable bonds is 6. The predicted octanol–water partition coefficient (Wildman–Crippen LogP) is 5.27. The van der Waals surface area contributed by atoms with Crippen molar-refractivity contribution < 1.29 is 4.79 Å². The highest BCUT2D eigenvalue weighted by Gasteiger charge is 2.16. The molecular formula is C21H25N3O2S2.